The molecule has 116 valence electrons. The maximum Gasteiger partial charge on any atom is 0.269 e. The van der Waals surface area contributed by atoms with Gasteiger partial charge in [0.15, 0.2) is 0 Å². The summed E-state index contributed by atoms with van der Waals surface area (Å²) in [6.07, 6.45) is 0.956. The van der Waals surface area contributed by atoms with Gasteiger partial charge >= 0.3 is 0 Å². The fraction of sp³-hybridized carbons (Fsp3) is 0.158. The van der Waals surface area contributed by atoms with Crippen molar-refractivity contribution in [3.05, 3.63) is 88.0 Å². The minimum absolute atomic E-state index is 0.130. The van der Waals surface area contributed by atoms with Crippen molar-refractivity contribution in [3.8, 4) is 0 Å². The average molecular weight is 306 g/mol. The smallest absolute Gasteiger partial charge is 0.269 e. The molecule has 0 fully saturated rings. The molecular formula is C19H18N2O2. The summed E-state index contributed by atoms with van der Waals surface area (Å²) in [6.45, 7) is 1.58. The summed E-state index contributed by atoms with van der Waals surface area (Å²) in [4.78, 5) is 10.2. The second-order valence-corrected chi connectivity index (χ2v) is 5.53. The van der Waals surface area contributed by atoms with E-state index >= 15 is 0 Å². The van der Waals surface area contributed by atoms with Crippen molar-refractivity contribution < 1.29 is 4.92 Å². The molecule has 0 spiro atoms. The predicted molar refractivity (Wildman–Crippen MR) is 92.5 cm³/mol. The molecular weight excluding hydrogens is 288 g/mol. The fourth-order valence-electron chi connectivity index (χ4n) is 2.60. The van der Waals surface area contributed by atoms with Crippen LogP contribution in [-0.2, 0) is 13.0 Å². The quantitative estimate of drug-likeness (QED) is 0.424. The van der Waals surface area contributed by atoms with Crippen molar-refractivity contribution in [3.63, 3.8) is 0 Å². The minimum Gasteiger partial charge on any atom is -0.312 e. The Kier molecular flexibility index (Phi) is 4.64. The van der Waals surface area contributed by atoms with Gasteiger partial charge in [0, 0.05) is 18.7 Å². The Morgan fingerprint density at radius 3 is 2.30 bits per heavy atom. The molecule has 0 saturated heterocycles. The summed E-state index contributed by atoms with van der Waals surface area (Å²) in [6, 6.07) is 21.6. The van der Waals surface area contributed by atoms with Crippen molar-refractivity contribution in [2.75, 3.05) is 6.54 Å². The lowest BCUT2D eigenvalue weighted by atomic mass is 10.1. The van der Waals surface area contributed by atoms with Gasteiger partial charge in [-0.2, -0.15) is 0 Å². The van der Waals surface area contributed by atoms with Gasteiger partial charge in [0.1, 0.15) is 0 Å². The number of nitro benzene ring substituents is 1. The molecule has 0 saturated carbocycles. The van der Waals surface area contributed by atoms with Gasteiger partial charge in [-0.1, -0.05) is 54.6 Å². The standard InChI is InChI=1S/C19H18N2O2/c22-21(23)19-9-6-16(7-10-19)14-20-12-11-15-5-8-17-3-1-2-4-18(17)13-15/h1-10,13,20H,11-12,14H2. The maximum absolute atomic E-state index is 10.6. The van der Waals surface area contributed by atoms with Crippen molar-refractivity contribution in [2.24, 2.45) is 0 Å². The third kappa shape index (κ3) is 3.93. The highest BCUT2D eigenvalue weighted by molar-refractivity contribution is 5.82. The summed E-state index contributed by atoms with van der Waals surface area (Å²) in [5.41, 5.74) is 2.49. The third-order valence-corrected chi connectivity index (χ3v) is 3.88. The topological polar surface area (TPSA) is 55.2 Å². The normalized spacial score (nSPS) is 10.8. The second kappa shape index (κ2) is 7.03. The lowest BCUT2D eigenvalue weighted by molar-refractivity contribution is -0.384. The summed E-state index contributed by atoms with van der Waals surface area (Å²) in [7, 11) is 0. The first-order chi connectivity index (χ1) is 11.2. The number of nitrogens with zero attached hydrogens (tertiary/aromatic N) is 1. The Morgan fingerprint density at radius 2 is 1.57 bits per heavy atom. The lowest BCUT2D eigenvalue weighted by Crippen LogP contribution is -2.16. The largest absolute Gasteiger partial charge is 0.312 e. The first-order valence-electron chi connectivity index (χ1n) is 7.64. The number of hydrogen-bond donors (Lipinski definition) is 1. The van der Waals surface area contributed by atoms with E-state index in [0.717, 1.165) is 18.5 Å². The van der Waals surface area contributed by atoms with Crippen LogP contribution in [-0.4, -0.2) is 11.5 Å². The van der Waals surface area contributed by atoms with E-state index in [9.17, 15) is 10.1 Å². The van der Waals surface area contributed by atoms with Crippen molar-refractivity contribution in [1.29, 1.82) is 0 Å². The highest BCUT2D eigenvalue weighted by atomic mass is 16.6. The zero-order valence-corrected chi connectivity index (χ0v) is 12.7. The zero-order valence-electron chi connectivity index (χ0n) is 12.7. The average Bonchev–Trinajstić information content (AvgIpc) is 2.59. The molecule has 0 bridgehead atoms. The van der Waals surface area contributed by atoms with Crippen LogP contribution in [0.2, 0.25) is 0 Å². The van der Waals surface area contributed by atoms with Gasteiger partial charge < -0.3 is 5.32 Å². The van der Waals surface area contributed by atoms with Gasteiger partial charge in [-0.25, -0.2) is 0 Å². The molecule has 0 aromatic heterocycles. The summed E-state index contributed by atoms with van der Waals surface area (Å²) in [5, 5.41) is 16.5. The second-order valence-electron chi connectivity index (χ2n) is 5.53. The molecule has 0 atom stereocenters. The molecule has 0 radical (unpaired) electrons. The van der Waals surface area contributed by atoms with Gasteiger partial charge in [-0.05, 0) is 34.9 Å². The Labute approximate surface area is 134 Å². The molecule has 3 aromatic carbocycles. The van der Waals surface area contributed by atoms with E-state index in [0.29, 0.717) is 6.54 Å². The van der Waals surface area contributed by atoms with Crippen LogP contribution in [0, 0.1) is 10.1 Å². The molecule has 0 aliphatic heterocycles. The molecule has 0 unspecified atom stereocenters. The molecule has 0 aliphatic carbocycles. The molecule has 23 heavy (non-hydrogen) atoms. The summed E-state index contributed by atoms with van der Waals surface area (Å²) < 4.78 is 0. The van der Waals surface area contributed by atoms with Crippen LogP contribution >= 0.6 is 0 Å². The number of nitro groups is 1. The maximum atomic E-state index is 10.6. The van der Waals surface area contributed by atoms with Gasteiger partial charge in [-0.3, -0.25) is 10.1 Å². The minimum atomic E-state index is -0.378. The number of rotatable bonds is 6. The monoisotopic (exact) mass is 306 g/mol. The molecule has 1 N–H and O–H groups in total. The van der Waals surface area contributed by atoms with Gasteiger partial charge in [0.2, 0.25) is 0 Å². The first-order valence-corrected chi connectivity index (χ1v) is 7.64. The van der Waals surface area contributed by atoms with E-state index in [1.807, 2.05) is 6.07 Å². The molecule has 0 amide bonds. The number of hydrogen-bond acceptors (Lipinski definition) is 3. The van der Waals surface area contributed by atoms with E-state index in [1.54, 1.807) is 24.3 Å². The van der Waals surface area contributed by atoms with Gasteiger partial charge in [0.05, 0.1) is 4.92 Å². The molecule has 4 heteroatoms. The van der Waals surface area contributed by atoms with Crippen LogP contribution in [0.5, 0.6) is 0 Å². The van der Waals surface area contributed by atoms with Crippen molar-refractivity contribution in [2.45, 2.75) is 13.0 Å². The van der Waals surface area contributed by atoms with Crippen molar-refractivity contribution in [1.82, 2.24) is 5.32 Å². The number of nitrogens with one attached hydrogen (secondary N) is 1. The van der Waals surface area contributed by atoms with Gasteiger partial charge in [0.25, 0.3) is 5.69 Å². The van der Waals surface area contributed by atoms with E-state index in [1.165, 1.54) is 16.3 Å². The fourth-order valence-corrected chi connectivity index (χ4v) is 2.60. The summed E-state index contributed by atoms with van der Waals surface area (Å²) in [5.74, 6) is 0. The molecule has 0 aliphatic rings. The van der Waals surface area contributed by atoms with E-state index in [4.69, 9.17) is 0 Å². The van der Waals surface area contributed by atoms with Crippen LogP contribution < -0.4 is 5.32 Å². The number of benzene rings is 3. The zero-order chi connectivity index (χ0) is 16.1. The Morgan fingerprint density at radius 1 is 0.870 bits per heavy atom. The van der Waals surface area contributed by atoms with Crippen LogP contribution in [0.4, 0.5) is 5.69 Å². The van der Waals surface area contributed by atoms with Gasteiger partial charge in [-0.15, -0.1) is 0 Å². The van der Waals surface area contributed by atoms with Crippen LogP contribution in [0.15, 0.2) is 66.7 Å². The van der Waals surface area contributed by atoms with E-state index in [2.05, 4.69) is 41.7 Å². The highest BCUT2D eigenvalue weighted by Crippen LogP contribution is 2.16. The first kappa shape index (κ1) is 15.2. The highest BCUT2D eigenvalue weighted by Gasteiger charge is 2.03. The Bertz CT molecular complexity index is 813. The molecule has 4 nitrogen and oxygen atoms in total. The number of fused-ring (bicyclic) bond motifs is 1. The Hall–Kier alpha value is -2.72. The van der Waals surface area contributed by atoms with E-state index in [-0.39, 0.29) is 10.6 Å². The van der Waals surface area contributed by atoms with Crippen LogP contribution in [0.1, 0.15) is 11.1 Å². The van der Waals surface area contributed by atoms with Crippen molar-refractivity contribution >= 4 is 16.5 Å². The SMILES string of the molecule is O=[N+]([O-])c1ccc(CNCCc2ccc3ccccc3c2)cc1. The van der Waals surface area contributed by atoms with Crippen LogP contribution in [0.25, 0.3) is 10.8 Å². The summed E-state index contributed by atoms with van der Waals surface area (Å²) >= 11 is 0. The lowest BCUT2D eigenvalue weighted by Gasteiger charge is -2.06. The Balaban J connectivity index is 1.51. The van der Waals surface area contributed by atoms with E-state index < -0.39 is 0 Å². The molecule has 3 aromatic rings. The molecule has 0 heterocycles. The third-order valence-electron chi connectivity index (χ3n) is 3.88. The molecule has 3 rings (SSSR count). The van der Waals surface area contributed by atoms with Crippen LogP contribution in [0.3, 0.4) is 0 Å². The predicted octanol–water partition coefficient (Wildman–Crippen LogP) is 4.08. The number of non-ortho nitro benzene ring substituents is 1.